The molecule has 1 N–H and O–H groups in total. The molecule has 1 aromatic carbocycles. The maximum absolute atomic E-state index is 12.5. The Morgan fingerprint density at radius 1 is 1.14 bits per heavy atom. The summed E-state index contributed by atoms with van der Waals surface area (Å²) in [6.45, 7) is 0. The Balaban J connectivity index is 2.51. The van der Waals surface area contributed by atoms with Gasteiger partial charge < -0.3 is 9.47 Å². The molecule has 0 amide bonds. The first-order valence-electron chi connectivity index (χ1n) is 5.94. The van der Waals surface area contributed by atoms with Crippen LogP contribution in [0.25, 0.3) is 0 Å². The van der Waals surface area contributed by atoms with E-state index in [1.54, 1.807) is 6.07 Å². The summed E-state index contributed by atoms with van der Waals surface area (Å²) in [5.41, 5.74) is 0.153. The van der Waals surface area contributed by atoms with Crippen LogP contribution in [0.1, 0.15) is 0 Å². The summed E-state index contributed by atoms with van der Waals surface area (Å²) in [6, 6.07) is 5.68. The lowest BCUT2D eigenvalue weighted by molar-refractivity contribution is 0.392. The van der Waals surface area contributed by atoms with Crippen molar-refractivity contribution in [2.75, 3.05) is 18.9 Å². The number of nitrogens with zero attached hydrogens (tertiary/aromatic N) is 1. The van der Waals surface area contributed by atoms with Crippen molar-refractivity contribution in [1.82, 2.24) is 4.98 Å². The number of hydrogen-bond donors (Lipinski definition) is 1. The number of ether oxygens (including phenoxy) is 2. The highest BCUT2D eigenvalue weighted by atomic mass is 35.5. The molecule has 118 valence electrons. The lowest BCUT2D eigenvalue weighted by Gasteiger charge is -2.14. The van der Waals surface area contributed by atoms with E-state index < -0.39 is 10.0 Å². The summed E-state index contributed by atoms with van der Waals surface area (Å²) < 4.78 is 37.5. The van der Waals surface area contributed by atoms with Gasteiger partial charge >= 0.3 is 0 Å². The summed E-state index contributed by atoms with van der Waals surface area (Å²) in [5, 5.41) is 0.267. The largest absolute Gasteiger partial charge is 0.495 e. The normalized spacial score (nSPS) is 11.1. The van der Waals surface area contributed by atoms with E-state index in [9.17, 15) is 8.42 Å². The second kappa shape index (κ2) is 6.60. The first-order chi connectivity index (χ1) is 10.4. The fraction of sp³-hybridized carbons (Fsp3) is 0.154. The monoisotopic (exact) mass is 362 g/mol. The smallest absolute Gasteiger partial charge is 0.265 e. The summed E-state index contributed by atoms with van der Waals surface area (Å²) in [5.74, 6) is 0.290. The Bertz CT molecular complexity index is 797. The zero-order valence-corrected chi connectivity index (χ0v) is 14.0. The molecule has 0 aliphatic rings. The fourth-order valence-corrected chi connectivity index (χ4v) is 3.39. The Hall–Kier alpha value is -1.70. The lowest BCUT2D eigenvalue weighted by atomic mass is 10.3. The SMILES string of the molecule is COc1cc(S(=O)(=O)Nc2cccnc2Cl)c(OC)cc1Cl. The van der Waals surface area contributed by atoms with Crippen LogP contribution in [0.2, 0.25) is 10.2 Å². The predicted molar refractivity (Wildman–Crippen MR) is 84.6 cm³/mol. The highest BCUT2D eigenvalue weighted by Gasteiger charge is 2.23. The molecule has 0 aliphatic carbocycles. The zero-order valence-electron chi connectivity index (χ0n) is 11.6. The van der Waals surface area contributed by atoms with E-state index >= 15 is 0 Å². The molecule has 0 aliphatic heterocycles. The average Bonchev–Trinajstić information content (AvgIpc) is 2.48. The van der Waals surface area contributed by atoms with Crippen LogP contribution in [-0.2, 0) is 10.0 Å². The first kappa shape index (κ1) is 16.7. The molecule has 0 unspecified atom stereocenters. The van der Waals surface area contributed by atoms with E-state index in [0.29, 0.717) is 0 Å². The van der Waals surface area contributed by atoms with Crippen molar-refractivity contribution in [3.8, 4) is 11.5 Å². The summed E-state index contributed by atoms with van der Waals surface area (Å²) in [6.07, 6.45) is 1.45. The fourth-order valence-electron chi connectivity index (χ4n) is 1.70. The maximum atomic E-state index is 12.5. The van der Waals surface area contributed by atoms with Crippen LogP contribution in [0.4, 0.5) is 5.69 Å². The minimum absolute atomic E-state index is 0.0333. The molecule has 0 saturated carbocycles. The lowest BCUT2D eigenvalue weighted by Crippen LogP contribution is -2.15. The third-order valence-corrected chi connectivity index (χ3v) is 4.71. The Morgan fingerprint density at radius 2 is 1.82 bits per heavy atom. The highest BCUT2D eigenvalue weighted by molar-refractivity contribution is 7.92. The van der Waals surface area contributed by atoms with Gasteiger partial charge in [0, 0.05) is 18.3 Å². The standard InChI is InChI=1S/C13H12Cl2N2O4S/c1-20-10-7-12(11(21-2)6-8(10)14)22(18,19)17-9-4-3-5-16-13(9)15/h3-7,17H,1-2H3. The molecule has 2 rings (SSSR count). The number of halogens is 2. The minimum atomic E-state index is -3.97. The van der Waals surface area contributed by atoms with Crippen molar-refractivity contribution in [3.05, 3.63) is 40.6 Å². The number of sulfonamides is 1. The third kappa shape index (κ3) is 3.37. The number of benzene rings is 1. The van der Waals surface area contributed by atoms with Crippen LogP contribution in [0.5, 0.6) is 11.5 Å². The van der Waals surface area contributed by atoms with Gasteiger partial charge in [-0.15, -0.1) is 0 Å². The zero-order chi connectivity index (χ0) is 16.3. The molecule has 2 aromatic rings. The third-order valence-electron chi connectivity index (χ3n) is 2.73. The summed E-state index contributed by atoms with van der Waals surface area (Å²) >= 11 is 11.8. The Labute approximate surface area is 138 Å². The molecule has 1 heterocycles. The van der Waals surface area contributed by atoms with Gasteiger partial charge in [-0.3, -0.25) is 4.72 Å². The van der Waals surface area contributed by atoms with Gasteiger partial charge in [-0.2, -0.15) is 0 Å². The Kier molecular flexibility index (Phi) is 5.00. The van der Waals surface area contributed by atoms with Gasteiger partial charge in [0.1, 0.15) is 16.4 Å². The molecule has 0 atom stereocenters. The molecule has 0 saturated heterocycles. The molecule has 0 bridgehead atoms. The second-order valence-corrected chi connectivity index (χ2v) is 6.50. The first-order valence-corrected chi connectivity index (χ1v) is 8.18. The topological polar surface area (TPSA) is 77.5 Å². The number of hydrogen-bond acceptors (Lipinski definition) is 5. The summed E-state index contributed by atoms with van der Waals surface area (Å²) in [4.78, 5) is 3.68. The van der Waals surface area contributed by atoms with Gasteiger partial charge in [-0.05, 0) is 12.1 Å². The van der Waals surface area contributed by atoms with Crippen LogP contribution in [-0.4, -0.2) is 27.6 Å². The number of aromatic nitrogens is 1. The predicted octanol–water partition coefficient (Wildman–Crippen LogP) is 3.21. The van der Waals surface area contributed by atoms with Gasteiger partial charge in [0.2, 0.25) is 0 Å². The van der Waals surface area contributed by atoms with Crippen LogP contribution in [0, 0.1) is 0 Å². The van der Waals surface area contributed by atoms with Crippen molar-refractivity contribution >= 4 is 38.9 Å². The van der Waals surface area contributed by atoms with Crippen molar-refractivity contribution in [3.63, 3.8) is 0 Å². The van der Waals surface area contributed by atoms with Crippen LogP contribution in [0.3, 0.4) is 0 Å². The van der Waals surface area contributed by atoms with Crippen molar-refractivity contribution in [2.45, 2.75) is 4.90 Å². The number of nitrogens with one attached hydrogen (secondary N) is 1. The van der Waals surface area contributed by atoms with Crippen molar-refractivity contribution < 1.29 is 17.9 Å². The van der Waals surface area contributed by atoms with Gasteiger partial charge in [0.15, 0.2) is 5.15 Å². The molecule has 6 nitrogen and oxygen atoms in total. The number of pyridine rings is 1. The summed E-state index contributed by atoms with van der Waals surface area (Å²) in [7, 11) is -1.24. The van der Waals surface area contributed by atoms with Crippen molar-refractivity contribution in [1.29, 1.82) is 0 Å². The quantitative estimate of drug-likeness (QED) is 0.826. The molecule has 0 radical (unpaired) electrons. The number of anilines is 1. The van der Waals surface area contributed by atoms with E-state index in [1.165, 1.54) is 38.6 Å². The van der Waals surface area contributed by atoms with E-state index in [4.69, 9.17) is 32.7 Å². The maximum Gasteiger partial charge on any atom is 0.265 e. The van der Waals surface area contributed by atoms with E-state index in [-0.39, 0.29) is 32.3 Å². The number of rotatable bonds is 5. The minimum Gasteiger partial charge on any atom is -0.495 e. The average molecular weight is 363 g/mol. The second-order valence-electron chi connectivity index (χ2n) is 4.08. The highest BCUT2D eigenvalue weighted by Crippen LogP contribution is 2.36. The van der Waals surface area contributed by atoms with Crippen LogP contribution >= 0.6 is 23.2 Å². The molecular weight excluding hydrogens is 351 g/mol. The van der Waals surface area contributed by atoms with Crippen LogP contribution < -0.4 is 14.2 Å². The molecule has 9 heteroatoms. The van der Waals surface area contributed by atoms with Crippen molar-refractivity contribution in [2.24, 2.45) is 0 Å². The molecular formula is C13H12Cl2N2O4S. The molecule has 0 fully saturated rings. The Morgan fingerprint density at radius 3 is 2.41 bits per heavy atom. The molecule has 0 spiro atoms. The van der Waals surface area contributed by atoms with Gasteiger partial charge in [-0.1, -0.05) is 23.2 Å². The number of methoxy groups -OCH3 is 2. The van der Waals surface area contributed by atoms with E-state index in [1.807, 2.05) is 0 Å². The molecule has 22 heavy (non-hydrogen) atoms. The van der Waals surface area contributed by atoms with Gasteiger partial charge in [0.25, 0.3) is 10.0 Å². The van der Waals surface area contributed by atoms with Gasteiger partial charge in [-0.25, -0.2) is 13.4 Å². The van der Waals surface area contributed by atoms with Crippen LogP contribution in [0.15, 0.2) is 35.4 Å². The van der Waals surface area contributed by atoms with Gasteiger partial charge in [0.05, 0.1) is 24.9 Å². The van der Waals surface area contributed by atoms with E-state index in [0.717, 1.165) is 0 Å². The van der Waals surface area contributed by atoms with E-state index in [2.05, 4.69) is 9.71 Å². The molecule has 1 aromatic heterocycles.